The van der Waals surface area contributed by atoms with Gasteiger partial charge in [0, 0.05) is 19.6 Å². The van der Waals surface area contributed by atoms with E-state index in [-0.39, 0.29) is 11.3 Å². The zero-order chi connectivity index (χ0) is 26.8. The molecule has 0 bridgehead atoms. The summed E-state index contributed by atoms with van der Waals surface area (Å²) in [7, 11) is 0. The Bertz CT molecular complexity index is 573. The molecule has 0 heterocycles. The Morgan fingerprint density at radius 3 is 0.971 bits per heavy atom. The Labute approximate surface area is 206 Å². The molecule has 0 aromatic carbocycles. The summed E-state index contributed by atoms with van der Waals surface area (Å²) in [5.41, 5.74) is -1.99. The molecule has 0 atom stereocenters. The maximum atomic E-state index is 12.1. The van der Waals surface area contributed by atoms with Gasteiger partial charge >= 0.3 is 18.3 Å². The summed E-state index contributed by atoms with van der Waals surface area (Å²) in [6, 6.07) is 0. The van der Waals surface area contributed by atoms with Gasteiger partial charge in [0.05, 0.1) is 0 Å². The number of ether oxygens (including phenoxy) is 3. The number of carbonyl (C=O) groups is 3. The third-order valence-electron chi connectivity index (χ3n) is 5.10. The van der Waals surface area contributed by atoms with Crippen molar-refractivity contribution in [1.29, 1.82) is 0 Å². The van der Waals surface area contributed by atoms with Crippen molar-refractivity contribution in [1.82, 2.24) is 16.0 Å². The van der Waals surface area contributed by atoms with Crippen LogP contribution in [0.5, 0.6) is 0 Å². The predicted molar refractivity (Wildman–Crippen MR) is 134 cm³/mol. The van der Waals surface area contributed by atoms with Gasteiger partial charge in [-0.1, -0.05) is 13.8 Å². The molecule has 0 saturated carbocycles. The minimum Gasteiger partial charge on any atom is -0.444 e. The zero-order valence-corrected chi connectivity index (χ0v) is 23.3. The van der Waals surface area contributed by atoms with Gasteiger partial charge in [0.25, 0.3) is 0 Å². The van der Waals surface area contributed by atoms with Crippen LogP contribution in [0.15, 0.2) is 0 Å². The van der Waals surface area contributed by atoms with Gasteiger partial charge < -0.3 is 30.2 Å². The van der Waals surface area contributed by atoms with Crippen molar-refractivity contribution < 1.29 is 28.6 Å². The largest absolute Gasteiger partial charge is 0.444 e. The molecule has 0 unspecified atom stereocenters. The average molecular weight is 488 g/mol. The molecule has 9 heteroatoms. The smallest absolute Gasteiger partial charge is 0.407 e. The van der Waals surface area contributed by atoms with Crippen LogP contribution in [0.25, 0.3) is 0 Å². The molecule has 34 heavy (non-hydrogen) atoms. The van der Waals surface area contributed by atoms with Crippen LogP contribution in [0.4, 0.5) is 14.4 Å². The van der Waals surface area contributed by atoms with E-state index in [1.807, 2.05) is 62.3 Å². The number of amides is 3. The first-order chi connectivity index (χ1) is 15.2. The average Bonchev–Trinajstić information content (AvgIpc) is 2.56. The van der Waals surface area contributed by atoms with Crippen LogP contribution in [0.3, 0.4) is 0 Å². The summed E-state index contributed by atoms with van der Waals surface area (Å²) >= 11 is 0. The normalized spacial score (nSPS) is 12.7. The van der Waals surface area contributed by atoms with Crippen LogP contribution >= 0.6 is 0 Å². The monoisotopic (exact) mass is 487 g/mol. The second kappa shape index (κ2) is 13.0. The highest BCUT2D eigenvalue weighted by Crippen LogP contribution is 2.38. The lowest BCUT2D eigenvalue weighted by Crippen LogP contribution is -2.42. The molecule has 0 aliphatic rings. The maximum Gasteiger partial charge on any atom is 0.407 e. The summed E-state index contributed by atoms with van der Waals surface area (Å²) in [5, 5.41) is 8.47. The first-order valence-corrected chi connectivity index (χ1v) is 12.2. The summed E-state index contributed by atoms with van der Waals surface area (Å²) in [6.07, 6.45) is 0.540. The minimum atomic E-state index is -0.576. The minimum absolute atomic E-state index is 0.216. The summed E-state index contributed by atoms with van der Waals surface area (Å²) < 4.78 is 16.0. The van der Waals surface area contributed by atoms with Crippen molar-refractivity contribution in [2.75, 3.05) is 19.6 Å². The lowest BCUT2D eigenvalue weighted by atomic mass is 9.69. The van der Waals surface area contributed by atoms with Crippen molar-refractivity contribution >= 4 is 18.3 Å². The van der Waals surface area contributed by atoms with Crippen molar-refractivity contribution in [2.24, 2.45) is 11.3 Å². The molecule has 0 fully saturated rings. The number of nitrogens with one attached hydrogen (secondary N) is 3. The summed E-state index contributed by atoms with van der Waals surface area (Å²) in [5.74, 6) is 0.216. The fraction of sp³-hybridized carbons (Fsp3) is 0.880. The van der Waals surface area contributed by atoms with Crippen LogP contribution in [0, 0.1) is 11.3 Å². The molecule has 0 radical (unpaired) electrons. The second-order valence-electron chi connectivity index (χ2n) is 12.1. The molecular weight excluding hydrogens is 438 g/mol. The number of rotatable bonds is 10. The van der Waals surface area contributed by atoms with Crippen LogP contribution in [-0.4, -0.2) is 54.7 Å². The fourth-order valence-electron chi connectivity index (χ4n) is 3.42. The van der Waals surface area contributed by atoms with E-state index in [4.69, 9.17) is 14.2 Å². The summed E-state index contributed by atoms with van der Waals surface area (Å²) in [6.45, 7) is 21.8. The summed E-state index contributed by atoms with van der Waals surface area (Å²) in [4.78, 5) is 36.3. The molecule has 0 saturated heterocycles. The highest BCUT2D eigenvalue weighted by atomic mass is 16.6. The lowest BCUT2D eigenvalue weighted by Gasteiger charge is -2.38. The predicted octanol–water partition coefficient (Wildman–Crippen LogP) is 5.37. The number of alkyl carbamates (subject to hydrolysis) is 3. The molecule has 200 valence electrons. The van der Waals surface area contributed by atoms with E-state index < -0.39 is 35.1 Å². The van der Waals surface area contributed by atoms with Crippen molar-refractivity contribution in [2.45, 2.75) is 112 Å². The number of carbonyl (C=O) groups excluding carboxylic acids is 3. The van der Waals surface area contributed by atoms with Crippen molar-refractivity contribution in [3.8, 4) is 0 Å². The third-order valence-corrected chi connectivity index (χ3v) is 5.10. The highest BCUT2D eigenvalue weighted by molar-refractivity contribution is 5.68. The molecule has 0 aromatic rings. The van der Waals surface area contributed by atoms with E-state index in [0.29, 0.717) is 38.9 Å². The SMILES string of the molecule is CC(C)C(CCNC(=O)OC(C)(C)C)(CCNC(=O)OC(C)(C)C)CCNC(=O)OC(C)(C)C. The molecule has 0 aromatic heterocycles. The Hall–Kier alpha value is -2.19. The van der Waals surface area contributed by atoms with E-state index in [1.54, 1.807) is 0 Å². The van der Waals surface area contributed by atoms with Gasteiger partial charge in [0.15, 0.2) is 0 Å². The van der Waals surface area contributed by atoms with Gasteiger partial charge in [-0.3, -0.25) is 0 Å². The van der Waals surface area contributed by atoms with Gasteiger partial charge in [-0.2, -0.15) is 0 Å². The zero-order valence-electron chi connectivity index (χ0n) is 23.3. The van der Waals surface area contributed by atoms with Gasteiger partial charge in [-0.05, 0) is 92.9 Å². The van der Waals surface area contributed by atoms with E-state index in [1.165, 1.54) is 0 Å². The van der Waals surface area contributed by atoms with E-state index >= 15 is 0 Å². The first kappa shape index (κ1) is 31.8. The number of hydrogen-bond donors (Lipinski definition) is 3. The van der Waals surface area contributed by atoms with E-state index in [0.717, 1.165) is 0 Å². The highest BCUT2D eigenvalue weighted by Gasteiger charge is 2.34. The molecule has 0 rings (SSSR count). The van der Waals surface area contributed by atoms with Crippen molar-refractivity contribution in [3.63, 3.8) is 0 Å². The molecule has 9 nitrogen and oxygen atoms in total. The molecular formula is C25H49N3O6. The van der Waals surface area contributed by atoms with Crippen LogP contribution in [-0.2, 0) is 14.2 Å². The fourth-order valence-corrected chi connectivity index (χ4v) is 3.42. The Morgan fingerprint density at radius 1 is 0.559 bits per heavy atom. The molecule has 3 amide bonds. The maximum absolute atomic E-state index is 12.1. The molecule has 0 aliphatic carbocycles. The van der Waals surface area contributed by atoms with Gasteiger partial charge in [0.1, 0.15) is 16.8 Å². The Balaban J connectivity index is 5.20. The molecule has 3 N–H and O–H groups in total. The van der Waals surface area contributed by atoms with Gasteiger partial charge in [0.2, 0.25) is 0 Å². The van der Waals surface area contributed by atoms with Crippen LogP contribution in [0.1, 0.15) is 95.4 Å². The Morgan fingerprint density at radius 2 is 0.794 bits per heavy atom. The van der Waals surface area contributed by atoms with Crippen LogP contribution < -0.4 is 16.0 Å². The van der Waals surface area contributed by atoms with Crippen molar-refractivity contribution in [3.05, 3.63) is 0 Å². The van der Waals surface area contributed by atoms with E-state index in [9.17, 15) is 14.4 Å². The molecule has 0 spiro atoms. The Kier molecular flexibility index (Phi) is 12.2. The van der Waals surface area contributed by atoms with Gasteiger partial charge in [-0.15, -0.1) is 0 Å². The third kappa shape index (κ3) is 15.6. The van der Waals surface area contributed by atoms with Gasteiger partial charge in [-0.25, -0.2) is 14.4 Å². The number of hydrogen-bond acceptors (Lipinski definition) is 6. The molecule has 0 aliphatic heterocycles. The van der Waals surface area contributed by atoms with Crippen LogP contribution in [0.2, 0.25) is 0 Å². The lowest BCUT2D eigenvalue weighted by molar-refractivity contribution is 0.0489. The second-order valence-corrected chi connectivity index (χ2v) is 12.1. The topological polar surface area (TPSA) is 115 Å². The first-order valence-electron chi connectivity index (χ1n) is 12.2. The standard InChI is InChI=1S/C25H49N3O6/c1-18(2)25(12-15-26-19(29)32-22(3,4)5,13-16-27-20(30)33-23(6,7)8)14-17-28-21(31)34-24(9,10)11/h18H,12-17H2,1-11H3,(H,26,29)(H,27,30)(H,28,31). The quantitative estimate of drug-likeness (QED) is 0.357. The van der Waals surface area contributed by atoms with E-state index in [2.05, 4.69) is 29.8 Å².